The number of aryl methyl sites for hydroxylation is 1. The molecule has 0 radical (unpaired) electrons. The highest BCUT2D eigenvalue weighted by molar-refractivity contribution is 7.90. The van der Waals surface area contributed by atoms with Crippen LogP contribution in [0.1, 0.15) is 52.8 Å². The van der Waals surface area contributed by atoms with Crippen LogP contribution in [-0.4, -0.2) is 59.4 Å². The molecule has 0 saturated carbocycles. The van der Waals surface area contributed by atoms with Crippen molar-refractivity contribution in [1.29, 1.82) is 0 Å². The summed E-state index contributed by atoms with van der Waals surface area (Å²) >= 11 is 0. The molecule has 0 spiro atoms. The van der Waals surface area contributed by atoms with Crippen LogP contribution in [0.25, 0.3) is 16.9 Å². The van der Waals surface area contributed by atoms with E-state index in [-0.39, 0.29) is 21.2 Å². The first-order valence-electron chi connectivity index (χ1n) is 14.3. The molecule has 0 aliphatic heterocycles. The van der Waals surface area contributed by atoms with Crippen molar-refractivity contribution in [2.75, 3.05) is 7.05 Å². The number of halogens is 3. The molecule has 1 aromatic heterocycles. The van der Waals surface area contributed by atoms with Gasteiger partial charge >= 0.3 is 12.1 Å². The minimum Gasteiger partial charge on any atom is -0.569 e. The Hall–Kier alpha value is -4.67. The number of hydrogen-bond donors (Lipinski definition) is 1. The number of benzene rings is 2. The van der Waals surface area contributed by atoms with E-state index in [4.69, 9.17) is 9.57 Å². The maximum atomic E-state index is 13.6. The highest BCUT2D eigenvalue weighted by Gasteiger charge is 2.37. The number of ether oxygens (including phenoxy) is 1. The molecule has 1 amide bonds. The summed E-state index contributed by atoms with van der Waals surface area (Å²) in [4.78, 5) is 29.6. The lowest BCUT2D eigenvalue weighted by Crippen LogP contribution is -2.51. The lowest BCUT2D eigenvalue weighted by molar-refractivity contribution is -0.713. The summed E-state index contributed by atoms with van der Waals surface area (Å²) in [7, 11) is -3.33. The first-order chi connectivity index (χ1) is 21.6. The van der Waals surface area contributed by atoms with Crippen LogP contribution >= 0.6 is 0 Å². The number of hydrazine groups is 1. The summed E-state index contributed by atoms with van der Waals surface area (Å²) in [6, 6.07) is 11.0. The van der Waals surface area contributed by atoms with Crippen molar-refractivity contribution in [2.24, 2.45) is 16.6 Å². The Labute approximate surface area is 270 Å². The number of amides is 1. The van der Waals surface area contributed by atoms with Gasteiger partial charge in [-0.2, -0.15) is 18.3 Å². The van der Waals surface area contributed by atoms with Crippen molar-refractivity contribution >= 4 is 21.9 Å². The fourth-order valence-electron chi connectivity index (χ4n) is 4.19. The minimum atomic E-state index is -4.73. The third-order valence-corrected chi connectivity index (χ3v) is 8.06. The number of nitrogens with one attached hydrogen (secondary N) is 1. The van der Waals surface area contributed by atoms with Crippen LogP contribution in [0.2, 0.25) is 0 Å². The van der Waals surface area contributed by atoms with Crippen molar-refractivity contribution in [3.05, 3.63) is 71.1 Å². The van der Waals surface area contributed by atoms with Gasteiger partial charge in [-0.25, -0.2) is 17.8 Å². The van der Waals surface area contributed by atoms with E-state index < -0.39 is 57.4 Å². The van der Waals surface area contributed by atoms with Gasteiger partial charge in [-0.15, -0.1) is 5.01 Å². The van der Waals surface area contributed by atoms with E-state index >= 15 is 0 Å². The Morgan fingerprint density at radius 1 is 1.04 bits per heavy atom. The zero-order chi connectivity index (χ0) is 35.5. The maximum Gasteiger partial charge on any atom is 0.435 e. The summed E-state index contributed by atoms with van der Waals surface area (Å²) < 4.78 is 75.0. The molecule has 256 valence electrons. The van der Waals surface area contributed by atoms with Gasteiger partial charge in [0.2, 0.25) is 5.28 Å². The molecule has 3 aromatic rings. The molecule has 1 unspecified atom stereocenters. The predicted molar refractivity (Wildman–Crippen MR) is 163 cm³/mol. The van der Waals surface area contributed by atoms with Gasteiger partial charge in [-0.3, -0.25) is 14.4 Å². The van der Waals surface area contributed by atoms with Gasteiger partial charge in [0.25, 0.3) is 22.2 Å². The van der Waals surface area contributed by atoms with E-state index in [1.165, 1.54) is 26.1 Å². The highest BCUT2D eigenvalue weighted by atomic mass is 32.2. The Balaban J connectivity index is 1.81. The van der Waals surface area contributed by atoms with Crippen molar-refractivity contribution in [2.45, 2.75) is 71.9 Å². The van der Waals surface area contributed by atoms with E-state index in [2.05, 4.69) is 10.4 Å². The van der Waals surface area contributed by atoms with E-state index in [0.29, 0.717) is 5.56 Å². The second-order valence-corrected chi connectivity index (χ2v) is 13.8. The largest absolute Gasteiger partial charge is 0.569 e. The molecule has 13 nitrogen and oxygen atoms in total. The van der Waals surface area contributed by atoms with Gasteiger partial charge in [0.1, 0.15) is 0 Å². The van der Waals surface area contributed by atoms with Crippen LogP contribution in [0.4, 0.5) is 13.2 Å². The van der Waals surface area contributed by atoms with Crippen molar-refractivity contribution in [3.8, 4) is 16.9 Å². The van der Waals surface area contributed by atoms with E-state index in [1.54, 1.807) is 58.9 Å². The van der Waals surface area contributed by atoms with Gasteiger partial charge < -0.3 is 9.94 Å². The summed E-state index contributed by atoms with van der Waals surface area (Å²) in [5, 5.41) is 20.4. The quantitative estimate of drug-likeness (QED) is 0.0923. The Kier molecular flexibility index (Phi) is 10.9. The van der Waals surface area contributed by atoms with Crippen LogP contribution in [0.5, 0.6) is 0 Å². The highest BCUT2D eigenvalue weighted by Crippen LogP contribution is 2.33. The number of hydrogen-bond acceptors (Lipinski definition) is 9. The number of rotatable bonds is 11. The summed E-state index contributed by atoms with van der Waals surface area (Å²) in [5.74, 6) is -2.28. The van der Waals surface area contributed by atoms with Gasteiger partial charge in [-0.1, -0.05) is 43.7 Å². The SMILES string of the molecule is Cc1ccc(-c2cc(C(F)(F)F)nn2-c2ccc(S(=O)(=O)NC(=O)[C@H](C(C)C)N(C)/[N+]([O-])=N/OC(C)OC(=O)C(C)(C)C)cc2)cc1. The molecule has 2 atom stereocenters. The molecule has 0 fully saturated rings. The molecule has 0 aliphatic rings. The Morgan fingerprint density at radius 2 is 1.62 bits per heavy atom. The number of nitrogens with zero attached hydrogens (tertiary/aromatic N) is 5. The van der Waals surface area contributed by atoms with Gasteiger partial charge in [0.05, 0.1) is 33.7 Å². The average molecular weight is 683 g/mol. The lowest BCUT2D eigenvalue weighted by atomic mass is 9.97. The molecule has 0 bridgehead atoms. The standard InChI is InChI=1S/C30H37F3N6O7S/c1-18(2)26(37(8)39(42)36-46-20(4)45-28(41)29(5,6)7)27(40)35-47(43,44)23-15-13-22(14-16-23)38-24(17-25(34-38)30(31,32)33)21-11-9-19(3)10-12-21/h9-18,20,26H,1-8H3,(H,35,40)/b39-36-/t20?,26-/m0/s1. The number of sulfonamides is 1. The van der Waals surface area contributed by atoms with Crippen LogP contribution in [0.15, 0.2) is 64.8 Å². The summed E-state index contributed by atoms with van der Waals surface area (Å²) in [6.07, 6.45) is -5.97. The molecular weight excluding hydrogens is 645 g/mol. The number of likely N-dealkylation sites (N-methyl/N-ethyl adjacent to an activating group) is 1. The van der Waals surface area contributed by atoms with Crippen molar-refractivity contribution in [3.63, 3.8) is 0 Å². The van der Waals surface area contributed by atoms with Gasteiger partial charge in [-0.05, 0) is 63.9 Å². The van der Waals surface area contributed by atoms with Crippen molar-refractivity contribution in [1.82, 2.24) is 19.5 Å². The molecule has 1 heterocycles. The summed E-state index contributed by atoms with van der Waals surface area (Å²) in [6.45, 7) is 11.2. The molecule has 2 aromatic carbocycles. The average Bonchev–Trinajstić information content (AvgIpc) is 3.42. The predicted octanol–water partition coefficient (Wildman–Crippen LogP) is 5.37. The third kappa shape index (κ3) is 9.21. The minimum absolute atomic E-state index is 0.0853. The van der Waals surface area contributed by atoms with Crippen molar-refractivity contribution < 1.29 is 45.7 Å². The number of esters is 1. The molecule has 3 rings (SSSR count). The van der Waals surface area contributed by atoms with E-state index in [9.17, 15) is 36.4 Å². The zero-order valence-electron chi connectivity index (χ0n) is 27.1. The second kappa shape index (κ2) is 14.0. The van der Waals surface area contributed by atoms with Crippen LogP contribution in [0, 0.1) is 23.5 Å². The maximum absolute atomic E-state index is 13.6. The van der Waals surface area contributed by atoms with Crippen LogP contribution in [-0.2, 0) is 35.4 Å². The molecule has 17 heteroatoms. The molecule has 1 N–H and O–H groups in total. The van der Waals surface area contributed by atoms with Crippen LogP contribution in [0.3, 0.4) is 0 Å². The fourth-order valence-corrected chi connectivity index (χ4v) is 5.19. The number of aromatic nitrogens is 2. The lowest BCUT2D eigenvalue weighted by Gasteiger charge is -2.26. The molecule has 0 aliphatic carbocycles. The monoisotopic (exact) mass is 682 g/mol. The second-order valence-electron chi connectivity index (χ2n) is 12.1. The summed E-state index contributed by atoms with van der Waals surface area (Å²) in [5.41, 5.74) is -0.354. The first-order valence-corrected chi connectivity index (χ1v) is 15.8. The first kappa shape index (κ1) is 36.8. The third-order valence-electron chi connectivity index (χ3n) is 6.70. The zero-order valence-corrected chi connectivity index (χ0v) is 27.9. The number of carbonyl (C=O) groups is 2. The van der Waals surface area contributed by atoms with Crippen LogP contribution < -0.4 is 4.72 Å². The normalized spacial score (nSPS) is 14.0. The molecule has 47 heavy (non-hydrogen) atoms. The topological polar surface area (TPSA) is 158 Å². The number of alkyl halides is 3. The Bertz CT molecular complexity index is 1720. The molecule has 0 saturated heterocycles. The van der Waals surface area contributed by atoms with Gasteiger partial charge in [0, 0.05) is 12.5 Å². The fraction of sp³-hybridized carbons (Fsp3) is 0.433. The Morgan fingerprint density at radius 3 is 2.13 bits per heavy atom. The van der Waals surface area contributed by atoms with E-state index in [0.717, 1.165) is 33.5 Å². The molecular formula is C30H37F3N6O7S. The van der Waals surface area contributed by atoms with E-state index in [1.807, 2.05) is 11.6 Å². The smallest absolute Gasteiger partial charge is 0.435 e. The number of carbonyl (C=O) groups excluding carboxylic acids is 2. The van der Waals surface area contributed by atoms with Gasteiger partial charge in [0.15, 0.2) is 11.7 Å².